The Morgan fingerprint density at radius 3 is 2.72 bits per heavy atom. The molecule has 0 saturated carbocycles. The van der Waals surface area contributed by atoms with Crippen LogP contribution in [0.4, 0.5) is 0 Å². The van der Waals surface area contributed by atoms with E-state index in [-0.39, 0.29) is 24.0 Å². The van der Waals surface area contributed by atoms with Crippen molar-refractivity contribution in [2.24, 2.45) is 10.9 Å². The molecule has 1 aromatic heterocycles. The molecule has 2 unspecified atom stereocenters. The van der Waals surface area contributed by atoms with Gasteiger partial charge < -0.3 is 15.7 Å². The third-order valence-corrected chi connectivity index (χ3v) is 6.41. The van der Waals surface area contributed by atoms with Crippen LogP contribution < -0.4 is 10.6 Å². The Bertz CT molecular complexity index is 736. The van der Waals surface area contributed by atoms with Gasteiger partial charge in [0.2, 0.25) is 0 Å². The summed E-state index contributed by atoms with van der Waals surface area (Å²) in [6.07, 6.45) is 4.51. The molecule has 0 amide bonds. The van der Waals surface area contributed by atoms with Gasteiger partial charge in [-0.3, -0.25) is 9.89 Å². The van der Waals surface area contributed by atoms with Crippen molar-refractivity contribution in [3.8, 4) is 5.75 Å². The van der Waals surface area contributed by atoms with Gasteiger partial charge in [0.1, 0.15) is 5.75 Å². The number of hydrogen-bond acceptors (Lipinski definition) is 4. The van der Waals surface area contributed by atoms with Crippen molar-refractivity contribution in [1.29, 1.82) is 0 Å². The van der Waals surface area contributed by atoms with E-state index in [1.807, 2.05) is 30.5 Å². The fourth-order valence-corrected chi connectivity index (χ4v) is 4.98. The average molecular weight is 529 g/mol. The summed E-state index contributed by atoms with van der Waals surface area (Å²) in [6, 6.07) is 12.4. The van der Waals surface area contributed by atoms with E-state index in [2.05, 4.69) is 45.1 Å². The van der Waals surface area contributed by atoms with E-state index < -0.39 is 0 Å². The molecule has 160 valence electrons. The first-order valence-electron chi connectivity index (χ1n) is 10.1. The molecule has 2 aromatic rings. The second kappa shape index (κ2) is 12.4. The highest BCUT2D eigenvalue weighted by molar-refractivity contribution is 14.0. The zero-order chi connectivity index (χ0) is 19.8. The minimum atomic E-state index is 0. The summed E-state index contributed by atoms with van der Waals surface area (Å²) in [5.41, 5.74) is 1.24. The summed E-state index contributed by atoms with van der Waals surface area (Å²) in [6.45, 7) is 2.98. The highest BCUT2D eigenvalue weighted by Crippen LogP contribution is 2.36. The number of hydrogen-bond donors (Lipinski definition) is 3. The van der Waals surface area contributed by atoms with Gasteiger partial charge in [0.15, 0.2) is 5.96 Å². The molecule has 3 N–H and O–H groups in total. The smallest absolute Gasteiger partial charge is 0.190 e. The molecule has 1 saturated heterocycles. The van der Waals surface area contributed by atoms with E-state index >= 15 is 0 Å². The van der Waals surface area contributed by atoms with E-state index in [1.54, 1.807) is 12.1 Å². The molecule has 0 aliphatic carbocycles. The fourth-order valence-electron chi connectivity index (χ4n) is 3.99. The second-order valence-corrected chi connectivity index (χ2v) is 8.47. The lowest BCUT2D eigenvalue weighted by molar-refractivity contribution is 0.125. The van der Waals surface area contributed by atoms with Crippen LogP contribution in [0, 0.1) is 5.92 Å². The van der Waals surface area contributed by atoms with Crippen LogP contribution in [0.25, 0.3) is 0 Å². The minimum absolute atomic E-state index is 0. The Labute approximate surface area is 195 Å². The van der Waals surface area contributed by atoms with E-state index in [0.717, 1.165) is 31.9 Å². The highest BCUT2D eigenvalue weighted by Gasteiger charge is 2.31. The van der Waals surface area contributed by atoms with E-state index in [0.29, 0.717) is 17.7 Å². The largest absolute Gasteiger partial charge is 0.508 e. The molecule has 2 heterocycles. The summed E-state index contributed by atoms with van der Waals surface area (Å²) >= 11 is 1.86. The highest BCUT2D eigenvalue weighted by atomic mass is 127. The predicted molar refractivity (Wildman–Crippen MR) is 134 cm³/mol. The van der Waals surface area contributed by atoms with E-state index in [9.17, 15) is 5.11 Å². The van der Waals surface area contributed by atoms with Gasteiger partial charge in [-0.05, 0) is 74.3 Å². The van der Waals surface area contributed by atoms with Crippen LogP contribution in [0.1, 0.15) is 35.7 Å². The molecule has 7 heteroatoms. The normalized spacial score (nSPS) is 20.1. The number of aryl methyl sites for hydroxylation is 1. The van der Waals surface area contributed by atoms with Gasteiger partial charge in [-0.2, -0.15) is 0 Å². The van der Waals surface area contributed by atoms with Crippen molar-refractivity contribution < 1.29 is 5.11 Å². The molecule has 2 atom stereocenters. The van der Waals surface area contributed by atoms with E-state index in [4.69, 9.17) is 0 Å². The number of nitrogens with zero attached hydrogens (tertiary/aromatic N) is 2. The number of likely N-dealkylation sites (tertiary alicyclic amines) is 1. The number of aliphatic imine (C=N–C) groups is 1. The zero-order valence-corrected chi connectivity index (χ0v) is 20.5. The van der Waals surface area contributed by atoms with Gasteiger partial charge in [0.05, 0.1) is 0 Å². The molecule has 3 rings (SSSR count). The maximum Gasteiger partial charge on any atom is 0.190 e. The van der Waals surface area contributed by atoms with Crippen molar-refractivity contribution in [2.75, 3.05) is 33.7 Å². The molecule has 29 heavy (non-hydrogen) atoms. The lowest BCUT2D eigenvalue weighted by Crippen LogP contribution is -2.45. The molecule has 0 spiro atoms. The topological polar surface area (TPSA) is 59.9 Å². The molecular weight excluding hydrogens is 495 g/mol. The van der Waals surface area contributed by atoms with Crippen LogP contribution in [-0.4, -0.2) is 49.7 Å². The van der Waals surface area contributed by atoms with Gasteiger partial charge >= 0.3 is 0 Å². The predicted octanol–water partition coefficient (Wildman–Crippen LogP) is 4.25. The quantitative estimate of drug-likeness (QED) is 0.218. The number of rotatable bonds is 7. The Morgan fingerprint density at radius 1 is 1.24 bits per heavy atom. The number of benzene rings is 1. The molecule has 1 aromatic carbocycles. The molecule has 1 aliphatic rings. The van der Waals surface area contributed by atoms with Gasteiger partial charge in [-0.1, -0.05) is 18.2 Å². The Kier molecular flexibility index (Phi) is 10.2. The third kappa shape index (κ3) is 7.15. The number of nitrogens with one attached hydrogen (secondary N) is 2. The summed E-state index contributed by atoms with van der Waals surface area (Å²) in [4.78, 5) is 8.35. The Morgan fingerprint density at radius 2 is 2.03 bits per heavy atom. The summed E-state index contributed by atoms with van der Waals surface area (Å²) in [7, 11) is 4.08. The van der Waals surface area contributed by atoms with Gasteiger partial charge in [-0.25, -0.2) is 0 Å². The number of halogens is 1. The first-order valence-corrected chi connectivity index (χ1v) is 11.0. The van der Waals surface area contributed by atoms with Crippen molar-refractivity contribution in [3.05, 3.63) is 52.2 Å². The third-order valence-electron chi connectivity index (χ3n) is 5.47. The monoisotopic (exact) mass is 528 g/mol. The van der Waals surface area contributed by atoms with Crippen LogP contribution >= 0.6 is 35.3 Å². The fraction of sp³-hybridized carbons (Fsp3) is 0.500. The number of guanidine groups is 1. The maximum absolute atomic E-state index is 9.36. The molecule has 1 aliphatic heterocycles. The van der Waals surface area contributed by atoms with Crippen LogP contribution in [0.2, 0.25) is 0 Å². The SMILES string of the molecule is CN=C(NCCCc1ccc(O)cc1)NCC1CCCN(C)C1c1cccs1.I. The summed E-state index contributed by atoms with van der Waals surface area (Å²) in [5.74, 6) is 1.79. The first-order chi connectivity index (χ1) is 13.7. The van der Waals surface area contributed by atoms with Crippen LogP contribution in [0.15, 0.2) is 46.8 Å². The summed E-state index contributed by atoms with van der Waals surface area (Å²) < 4.78 is 0. The van der Waals surface area contributed by atoms with Crippen LogP contribution in [-0.2, 0) is 6.42 Å². The van der Waals surface area contributed by atoms with Crippen molar-refractivity contribution in [1.82, 2.24) is 15.5 Å². The second-order valence-electron chi connectivity index (χ2n) is 7.49. The number of aromatic hydroxyl groups is 1. The van der Waals surface area contributed by atoms with Crippen molar-refractivity contribution in [3.63, 3.8) is 0 Å². The average Bonchev–Trinajstić information content (AvgIpc) is 3.23. The van der Waals surface area contributed by atoms with Gasteiger partial charge in [0.25, 0.3) is 0 Å². The Balaban J connectivity index is 0.00000300. The number of phenolic OH excluding ortho intramolecular Hbond substituents is 1. The lowest BCUT2D eigenvalue weighted by Gasteiger charge is -2.39. The number of thiophene rings is 1. The molecular formula is C22H33IN4OS. The zero-order valence-electron chi connectivity index (χ0n) is 17.3. The lowest BCUT2D eigenvalue weighted by atomic mass is 9.88. The first kappa shape index (κ1) is 24.0. The Hall–Kier alpha value is -1.32. The number of phenols is 1. The standard InChI is InChI=1S/C22H32N4OS.HI/c1-23-22(24-13-3-6-17-9-11-19(27)12-10-17)25-16-18-7-4-14-26(2)21(18)20-8-5-15-28-20;/h5,8-12,15,18,21,27H,3-4,6-7,13-14,16H2,1-2H3,(H2,23,24,25);1H. The summed E-state index contributed by atoms with van der Waals surface area (Å²) in [5, 5.41) is 18.5. The van der Waals surface area contributed by atoms with E-state index in [1.165, 1.54) is 29.8 Å². The maximum atomic E-state index is 9.36. The van der Waals surface area contributed by atoms with Crippen molar-refractivity contribution in [2.45, 2.75) is 31.7 Å². The molecule has 0 bridgehead atoms. The molecule has 1 fully saturated rings. The van der Waals surface area contributed by atoms with Gasteiger partial charge in [0, 0.05) is 31.1 Å². The minimum Gasteiger partial charge on any atom is -0.508 e. The van der Waals surface area contributed by atoms with Crippen LogP contribution in [0.5, 0.6) is 5.75 Å². The van der Waals surface area contributed by atoms with Crippen LogP contribution in [0.3, 0.4) is 0 Å². The molecule has 5 nitrogen and oxygen atoms in total. The van der Waals surface area contributed by atoms with Crippen molar-refractivity contribution >= 4 is 41.3 Å². The van der Waals surface area contributed by atoms with Gasteiger partial charge in [-0.15, -0.1) is 35.3 Å². The molecule has 0 radical (unpaired) electrons. The number of piperidine rings is 1.